The van der Waals surface area contributed by atoms with Crippen molar-refractivity contribution in [1.29, 1.82) is 0 Å². The first-order valence-corrected chi connectivity index (χ1v) is 7.94. The molecule has 20 heavy (non-hydrogen) atoms. The van der Waals surface area contributed by atoms with Gasteiger partial charge in [-0.2, -0.15) is 0 Å². The highest BCUT2D eigenvalue weighted by molar-refractivity contribution is 5.33. The molecular formula is C19H30O. The molecule has 0 radical (unpaired) electrons. The minimum Gasteiger partial charge on any atom is -0.488 e. The van der Waals surface area contributed by atoms with Gasteiger partial charge in [0.1, 0.15) is 11.4 Å². The molecule has 1 saturated carbocycles. The van der Waals surface area contributed by atoms with E-state index < -0.39 is 0 Å². The van der Waals surface area contributed by atoms with Crippen LogP contribution in [0.2, 0.25) is 0 Å². The largest absolute Gasteiger partial charge is 0.488 e. The molecule has 0 N–H and O–H groups in total. The van der Waals surface area contributed by atoms with Gasteiger partial charge in [-0.15, -0.1) is 0 Å². The van der Waals surface area contributed by atoms with Gasteiger partial charge in [-0.3, -0.25) is 0 Å². The van der Waals surface area contributed by atoms with E-state index in [0.717, 1.165) is 5.75 Å². The maximum Gasteiger partial charge on any atom is 0.120 e. The smallest absolute Gasteiger partial charge is 0.120 e. The average molecular weight is 274 g/mol. The summed E-state index contributed by atoms with van der Waals surface area (Å²) in [5, 5.41) is 0. The van der Waals surface area contributed by atoms with Crippen molar-refractivity contribution in [3.63, 3.8) is 0 Å². The first kappa shape index (κ1) is 15.4. The van der Waals surface area contributed by atoms with Crippen LogP contribution in [0, 0.1) is 5.41 Å². The van der Waals surface area contributed by atoms with E-state index in [4.69, 9.17) is 4.74 Å². The number of hydrogen-bond acceptors (Lipinski definition) is 1. The van der Waals surface area contributed by atoms with Gasteiger partial charge >= 0.3 is 0 Å². The van der Waals surface area contributed by atoms with Crippen LogP contribution in [0.4, 0.5) is 0 Å². The topological polar surface area (TPSA) is 9.23 Å². The Labute approximate surface area is 124 Å². The Balaban J connectivity index is 2.14. The fourth-order valence-electron chi connectivity index (χ4n) is 2.88. The number of rotatable bonds is 3. The van der Waals surface area contributed by atoms with Gasteiger partial charge in [-0.1, -0.05) is 46.8 Å². The molecule has 1 fully saturated rings. The van der Waals surface area contributed by atoms with Gasteiger partial charge in [-0.05, 0) is 61.1 Å². The summed E-state index contributed by atoms with van der Waals surface area (Å²) in [5.74, 6) is 1.02. The van der Waals surface area contributed by atoms with Crippen LogP contribution in [-0.4, -0.2) is 5.60 Å². The van der Waals surface area contributed by atoms with Crippen molar-refractivity contribution in [3.8, 4) is 5.75 Å². The molecule has 112 valence electrons. The zero-order chi connectivity index (χ0) is 15.0. The third kappa shape index (κ3) is 3.02. The fourth-order valence-corrected chi connectivity index (χ4v) is 2.88. The highest BCUT2D eigenvalue weighted by atomic mass is 16.5. The van der Waals surface area contributed by atoms with Crippen molar-refractivity contribution in [2.75, 3.05) is 0 Å². The molecule has 0 aromatic heterocycles. The highest BCUT2D eigenvalue weighted by Gasteiger charge is 2.34. The fraction of sp³-hybridized carbons (Fsp3) is 0.684. The van der Waals surface area contributed by atoms with Crippen LogP contribution in [0.25, 0.3) is 0 Å². The van der Waals surface area contributed by atoms with Crippen LogP contribution in [0.5, 0.6) is 5.75 Å². The molecule has 0 spiro atoms. The summed E-state index contributed by atoms with van der Waals surface area (Å²) < 4.78 is 6.22. The Morgan fingerprint density at radius 3 is 1.85 bits per heavy atom. The summed E-state index contributed by atoms with van der Waals surface area (Å²) >= 11 is 0. The molecular weight excluding hydrogens is 244 g/mol. The molecule has 0 amide bonds. The van der Waals surface area contributed by atoms with Crippen molar-refractivity contribution in [1.82, 2.24) is 0 Å². The summed E-state index contributed by atoms with van der Waals surface area (Å²) in [6.45, 7) is 13.8. The summed E-state index contributed by atoms with van der Waals surface area (Å²) in [5.41, 5.74) is 1.84. The molecule has 0 unspecified atom stereocenters. The van der Waals surface area contributed by atoms with E-state index in [2.05, 4.69) is 65.8 Å². The molecule has 0 heterocycles. The maximum absolute atomic E-state index is 6.22. The van der Waals surface area contributed by atoms with E-state index in [-0.39, 0.29) is 16.4 Å². The maximum atomic E-state index is 6.22. The molecule has 1 nitrogen and oxygen atoms in total. The minimum absolute atomic E-state index is 0.0566. The lowest BCUT2D eigenvalue weighted by molar-refractivity contribution is 0.0967. The highest BCUT2D eigenvalue weighted by Crippen LogP contribution is 2.41. The van der Waals surface area contributed by atoms with Crippen LogP contribution in [-0.2, 0) is 5.41 Å². The molecule has 0 saturated heterocycles. The molecule has 0 aliphatic heterocycles. The van der Waals surface area contributed by atoms with Crippen molar-refractivity contribution in [2.24, 2.45) is 5.41 Å². The lowest BCUT2D eigenvalue weighted by atomic mass is 9.65. The number of benzene rings is 1. The van der Waals surface area contributed by atoms with Crippen LogP contribution in [0.1, 0.15) is 72.8 Å². The molecule has 1 aliphatic rings. The second-order valence-electron chi connectivity index (χ2n) is 8.16. The Kier molecular flexibility index (Phi) is 3.92. The van der Waals surface area contributed by atoms with Gasteiger partial charge in [0.25, 0.3) is 0 Å². The van der Waals surface area contributed by atoms with Crippen LogP contribution >= 0.6 is 0 Å². The van der Waals surface area contributed by atoms with Crippen LogP contribution < -0.4 is 4.74 Å². The molecule has 1 heteroatoms. The predicted octanol–water partition coefficient (Wildman–Crippen LogP) is 5.72. The van der Waals surface area contributed by atoms with Crippen LogP contribution in [0.15, 0.2) is 24.3 Å². The van der Waals surface area contributed by atoms with E-state index >= 15 is 0 Å². The SMILES string of the molecule is CC1(Oc2ccc(C(C)(C)C(C)(C)C)cc2)CCCC1. The van der Waals surface area contributed by atoms with Crippen molar-refractivity contribution < 1.29 is 4.74 Å². The Morgan fingerprint density at radius 2 is 1.40 bits per heavy atom. The Morgan fingerprint density at radius 1 is 0.900 bits per heavy atom. The summed E-state index contributed by atoms with van der Waals surface area (Å²) in [6.07, 6.45) is 4.96. The van der Waals surface area contributed by atoms with E-state index in [9.17, 15) is 0 Å². The normalized spacial score (nSPS) is 19.1. The van der Waals surface area contributed by atoms with Gasteiger partial charge in [0.15, 0.2) is 0 Å². The molecule has 2 rings (SSSR count). The predicted molar refractivity (Wildman–Crippen MR) is 86.4 cm³/mol. The van der Waals surface area contributed by atoms with Gasteiger partial charge < -0.3 is 4.74 Å². The Hall–Kier alpha value is -0.980. The molecule has 1 aliphatic carbocycles. The Bertz CT molecular complexity index is 442. The van der Waals surface area contributed by atoms with Crippen molar-refractivity contribution >= 4 is 0 Å². The lowest BCUT2D eigenvalue weighted by Gasteiger charge is -2.39. The quantitative estimate of drug-likeness (QED) is 0.684. The van der Waals surface area contributed by atoms with Crippen molar-refractivity contribution in [3.05, 3.63) is 29.8 Å². The summed E-state index contributed by atoms with van der Waals surface area (Å²) in [4.78, 5) is 0. The average Bonchev–Trinajstić information content (AvgIpc) is 2.75. The first-order chi connectivity index (χ1) is 9.14. The zero-order valence-corrected chi connectivity index (χ0v) is 14.0. The second-order valence-corrected chi connectivity index (χ2v) is 8.16. The molecule has 1 aromatic carbocycles. The van der Waals surface area contributed by atoms with Gasteiger partial charge in [0.05, 0.1) is 0 Å². The van der Waals surface area contributed by atoms with E-state index in [0.29, 0.717) is 0 Å². The standard InChI is InChI=1S/C19H30O/c1-17(2,3)18(4,5)15-9-11-16(12-10-15)20-19(6)13-7-8-14-19/h9-12H,7-8,13-14H2,1-6H3. The van der Waals surface area contributed by atoms with Crippen molar-refractivity contribution in [2.45, 2.75) is 78.2 Å². The second kappa shape index (κ2) is 5.09. The first-order valence-electron chi connectivity index (χ1n) is 7.94. The van der Waals surface area contributed by atoms with E-state index in [1.807, 2.05) is 0 Å². The monoisotopic (exact) mass is 274 g/mol. The third-order valence-electron chi connectivity index (χ3n) is 5.48. The molecule has 0 atom stereocenters. The van der Waals surface area contributed by atoms with Gasteiger partial charge in [0.2, 0.25) is 0 Å². The third-order valence-corrected chi connectivity index (χ3v) is 5.48. The van der Waals surface area contributed by atoms with E-state index in [1.54, 1.807) is 0 Å². The molecule has 0 bridgehead atoms. The zero-order valence-electron chi connectivity index (χ0n) is 14.0. The lowest BCUT2D eigenvalue weighted by Crippen LogP contribution is -2.34. The summed E-state index contributed by atoms with van der Waals surface area (Å²) in [7, 11) is 0. The number of ether oxygens (including phenoxy) is 1. The number of hydrogen-bond donors (Lipinski definition) is 0. The minimum atomic E-state index is 0.0566. The van der Waals surface area contributed by atoms with Gasteiger partial charge in [-0.25, -0.2) is 0 Å². The van der Waals surface area contributed by atoms with Gasteiger partial charge in [0, 0.05) is 0 Å². The molecule has 1 aromatic rings. The van der Waals surface area contributed by atoms with E-state index in [1.165, 1.54) is 31.2 Å². The summed E-state index contributed by atoms with van der Waals surface area (Å²) in [6, 6.07) is 8.76. The van der Waals surface area contributed by atoms with Crippen LogP contribution in [0.3, 0.4) is 0 Å².